The molecule has 1 N–H and O–H groups in total. The van der Waals surface area contributed by atoms with E-state index < -0.39 is 0 Å². The van der Waals surface area contributed by atoms with Crippen molar-refractivity contribution in [3.8, 4) is 0 Å². The number of benzene rings is 1. The van der Waals surface area contributed by atoms with Gasteiger partial charge >= 0.3 is 0 Å². The van der Waals surface area contributed by atoms with E-state index in [4.69, 9.17) is 16.3 Å². The quantitative estimate of drug-likeness (QED) is 0.911. The predicted molar refractivity (Wildman–Crippen MR) is 78.5 cm³/mol. The summed E-state index contributed by atoms with van der Waals surface area (Å²) in [7, 11) is 0. The van der Waals surface area contributed by atoms with Crippen molar-refractivity contribution in [2.45, 2.75) is 43.0 Å². The maximum absolute atomic E-state index is 6.09. The molecule has 1 fully saturated rings. The van der Waals surface area contributed by atoms with Crippen molar-refractivity contribution in [1.82, 2.24) is 5.32 Å². The standard InChI is InChI=1S/C14H20ClNOS/c1-14(2,3)16-7-10-4-5-11(15)6-13(10)18-12-8-17-9-12/h4-6,12,16H,7-9H2,1-3H3. The Kier molecular flexibility index (Phi) is 4.59. The van der Waals surface area contributed by atoms with Crippen LogP contribution < -0.4 is 5.32 Å². The third-order valence-electron chi connectivity index (χ3n) is 2.74. The Bertz CT molecular complexity index is 413. The summed E-state index contributed by atoms with van der Waals surface area (Å²) >= 11 is 7.96. The summed E-state index contributed by atoms with van der Waals surface area (Å²) in [5.41, 5.74) is 1.44. The monoisotopic (exact) mass is 285 g/mol. The van der Waals surface area contributed by atoms with Gasteiger partial charge in [0, 0.05) is 22.0 Å². The maximum Gasteiger partial charge on any atom is 0.0611 e. The minimum atomic E-state index is 0.126. The van der Waals surface area contributed by atoms with Crippen LogP contribution in [0.2, 0.25) is 5.02 Å². The molecule has 0 unspecified atom stereocenters. The van der Waals surface area contributed by atoms with Gasteiger partial charge in [-0.2, -0.15) is 0 Å². The van der Waals surface area contributed by atoms with Crippen LogP contribution >= 0.6 is 23.4 Å². The summed E-state index contributed by atoms with van der Waals surface area (Å²) in [6.45, 7) is 9.10. The van der Waals surface area contributed by atoms with Crippen molar-refractivity contribution >= 4 is 23.4 Å². The third kappa shape index (κ3) is 4.16. The van der Waals surface area contributed by atoms with Gasteiger partial charge in [0.1, 0.15) is 0 Å². The van der Waals surface area contributed by atoms with Gasteiger partial charge in [0.05, 0.1) is 18.5 Å². The summed E-state index contributed by atoms with van der Waals surface area (Å²) in [6.07, 6.45) is 0. The van der Waals surface area contributed by atoms with Crippen molar-refractivity contribution < 1.29 is 4.74 Å². The highest BCUT2D eigenvalue weighted by atomic mass is 35.5. The number of ether oxygens (including phenoxy) is 1. The number of halogens is 1. The largest absolute Gasteiger partial charge is 0.379 e. The second-order valence-corrected chi connectivity index (χ2v) is 7.41. The molecule has 2 rings (SSSR count). The lowest BCUT2D eigenvalue weighted by Gasteiger charge is -2.27. The molecule has 0 atom stereocenters. The van der Waals surface area contributed by atoms with Crippen LogP contribution in [-0.2, 0) is 11.3 Å². The highest BCUT2D eigenvalue weighted by molar-refractivity contribution is 8.00. The summed E-state index contributed by atoms with van der Waals surface area (Å²) in [4.78, 5) is 1.27. The van der Waals surface area contributed by atoms with Gasteiger partial charge in [-0.1, -0.05) is 17.7 Å². The zero-order valence-electron chi connectivity index (χ0n) is 11.1. The number of hydrogen-bond acceptors (Lipinski definition) is 3. The molecule has 100 valence electrons. The zero-order valence-corrected chi connectivity index (χ0v) is 12.7. The first-order valence-electron chi connectivity index (χ1n) is 6.22. The smallest absolute Gasteiger partial charge is 0.0611 e. The molecule has 0 aromatic heterocycles. The minimum Gasteiger partial charge on any atom is -0.379 e. The molecule has 1 aliphatic rings. The number of thioether (sulfide) groups is 1. The van der Waals surface area contributed by atoms with E-state index in [0.29, 0.717) is 5.25 Å². The van der Waals surface area contributed by atoms with Crippen LogP contribution in [0.3, 0.4) is 0 Å². The molecule has 0 radical (unpaired) electrons. The number of rotatable bonds is 4. The predicted octanol–water partition coefficient (Wildman–Crippen LogP) is 3.72. The fraction of sp³-hybridized carbons (Fsp3) is 0.571. The van der Waals surface area contributed by atoms with Gasteiger partial charge in [-0.3, -0.25) is 0 Å². The Hall–Kier alpha value is -0.220. The lowest BCUT2D eigenvalue weighted by atomic mass is 10.1. The van der Waals surface area contributed by atoms with Crippen LogP contribution in [0.1, 0.15) is 26.3 Å². The van der Waals surface area contributed by atoms with E-state index in [9.17, 15) is 0 Å². The molecular weight excluding hydrogens is 266 g/mol. The number of hydrogen-bond donors (Lipinski definition) is 1. The Morgan fingerprint density at radius 2 is 2.11 bits per heavy atom. The van der Waals surface area contributed by atoms with Crippen LogP contribution in [0.15, 0.2) is 23.1 Å². The first-order chi connectivity index (χ1) is 8.44. The van der Waals surface area contributed by atoms with E-state index in [-0.39, 0.29) is 5.54 Å². The molecule has 1 aromatic carbocycles. The molecule has 1 aliphatic heterocycles. The lowest BCUT2D eigenvalue weighted by molar-refractivity contribution is 0.0455. The molecule has 2 nitrogen and oxygen atoms in total. The second kappa shape index (κ2) is 5.83. The van der Waals surface area contributed by atoms with Gasteiger partial charge in [-0.05, 0) is 38.5 Å². The molecule has 4 heteroatoms. The van der Waals surface area contributed by atoms with Crippen molar-refractivity contribution in [2.75, 3.05) is 13.2 Å². The average Bonchev–Trinajstić information content (AvgIpc) is 2.21. The lowest BCUT2D eigenvalue weighted by Crippen LogP contribution is -2.35. The van der Waals surface area contributed by atoms with Crippen molar-refractivity contribution in [1.29, 1.82) is 0 Å². The molecule has 1 aromatic rings. The van der Waals surface area contributed by atoms with E-state index in [1.807, 2.05) is 17.8 Å². The average molecular weight is 286 g/mol. The van der Waals surface area contributed by atoms with E-state index in [0.717, 1.165) is 24.8 Å². The van der Waals surface area contributed by atoms with Gasteiger partial charge < -0.3 is 10.1 Å². The van der Waals surface area contributed by atoms with Crippen LogP contribution in [0.4, 0.5) is 0 Å². The summed E-state index contributed by atoms with van der Waals surface area (Å²) in [5, 5.41) is 4.90. The summed E-state index contributed by atoms with van der Waals surface area (Å²) in [6, 6.07) is 6.13. The Labute approximate surface area is 118 Å². The fourth-order valence-corrected chi connectivity index (χ4v) is 3.02. The first-order valence-corrected chi connectivity index (χ1v) is 7.48. The van der Waals surface area contributed by atoms with E-state index in [1.54, 1.807) is 0 Å². The van der Waals surface area contributed by atoms with Gasteiger partial charge in [-0.25, -0.2) is 0 Å². The molecule has 0 amide bonds. The SMILES string of the molecule is CC(C)(C)NCc1ccc(Cl)cc1SC1COC1. The van der Waals surface area contributed by atoms with Crippen LogP contribution in [0, 0.1) is 0 Å². The highest BCUT2D eigenvalue weighted by Crippen LogP contribution is 2.32. The molecule has 1 saturated heterocycles. The van der Waals surface area contributed by atoms with Gasteiger partial charge in [-0.15, -0.1) is 11.8 Å². The van der Waals surface area contributed by atoms with E-state index >= 15 is 0 Å². The fourth-order valence-electron chi connectivity index (χ4n) is 1.61. The minimum absolute atomic E-state index is 0.126. The molecule has 0 bridgehead atoms. The van der Waals surface area contributed by atoms with E-state index in [2.05, 4.69) is 38.2 Å². The van der Waals surface area contributed by atoms with Gasteiger partial charge in [0.25, 0.3) is 0 Å². The maximum atomic E-state index is 6.09. The topological polar surface area (TPSA) is 21.3 Å². The zero-order chi connectivity index (χ0) is 13.2. The van der Waals surface area contributed by atoms with Crippen LogP contribution in [-0.4, -0.2) is 24.0 Å². The van der Waals surface area contributed by atoms with Gasteiger partial charge in [0.2, 0.25) is 0 Å². The Morgan fingerprint density at radius 3 is 2.67 bits per heavy atom. The van der Waals surface area contributed by atoms with Crippen LogP contribution in [0.5, 0.6) is 0 Å². The molecule has 18 heavy (non-hydrogen) atoms. The second-order valence-electron chi connectivity index (χ2n) is 5.63. The molecule has 0 spiro atoms. The van der Waals surface area contributed by atoms with E-state index in [1.165, 1.54) is 10.5 Å². The van der Waals surface area contributed by atoms with Crippen molar-refractivity contribution in [2.24, 2.45) is 0 Å². The number of nitrogens with one attached hydrogen (secondary N) is 1. The molecule has 0 saturated carbocycles. The third-order valence-corrected chi connectivity index (χ3v) is 4.21. The van der Waals surface area contributed by atoms with Crippen molar-refractivity contribution in [3.63, 3.8) is 0 Å². The highest BCUT2D eigenvalue weighted by Gasteiger charge is 2.21. The molecule has 1 heterocycles. The Balaban J connectivity index is 2.07. The summed E-state index contributed by atoms with van der Waals surface area (Å²) in [5.74, 6) is 0. The van der Waals surface area contributed by atoms with Gasteiger partial charge in [0.15, 0.2) is 0 Å². The first kappa shape index (κ1) is 14.2. The van der Waals surface area contributed by atoms with Crippen LogP contribution in [0.25, 0.3) is 0 Å². The Morgan fingerprint density at radius 1 is 1.39 bits per heavy atom. The molecule has 0 aliphatic carbocycles. The van der Waals surface area contributed by atoms with Crippen molar-refractivity contribution in [3.05, 3.63) is 28.8 Å². The summed E-state index contributed by atoms with van der Waals surface area (Å²) < 4.78 is 5.22. The molecular formula is C14H20ClNOS. The normalized spacial score (nSPS) is 16.7.